The second kappa shape index (κ2) is 7.74. The molecule has 0 aliphatic carbocycles. The first kappa shape index (κ1) is 20.7. The second-order valence-corrected chi connectivity index (χ2v) is 8.18. The number of aliphatic hydroxyl groups is 1. The van der Waals surface area contributed by atoms with Crippen molar-refractivity contribution in [3.63, 3.8) is 0 Å². The van der Waals surface area contributed by atoms with Gasteiger partial charge in [-0.05, 0) is 48.9 Å². The van der Waals surface area contributed by atoms with Crippen LogP contribution in [0.2, 0.25) is 0 Å². The monoisotopic (exact) mass is 440 g/mol. The van der Waals surface area contributed by atoms with Crippen molar-refractivity contribution in [3.8, 4) is 0 Å². The Bertz CT molecular complexity index is 1450. The maximum absolute atomic E-state index is 13.9. The van der Waals surface area contributed by atoms with Crippen molar-refractivity contribution < 1.29 is 19.1 Å². The Balaban J connectivity index is 1.81. The molecule has 0 bridgehead atoms. The molecule has 0 spiro atoms. The highest BCUT2D eigenvalue weighted by molar-refractivity contribution is 6.51. The Morgan fingerprint density at radius 2 is 1.67 bits per heavy atom. The minimum absolute atomic E-state index is 0.0220. The van der Waals surface area contributed by atoms with E-state index in [4.69, 9.17) is 0 Å². The van der Waals surface area contributed by atoms with E-state index < -0.39 is 23.5 Å². The van der Waals surface area contributed by atoms with Gasteiger partial charge in [-0.3, -0.25) is 14.5 Å². The quantitative estimate of drug-likeness (QED) is 0.269. The first-order valence-electron chi connectivity index (χ1n) is 10.5. The highest BCUT2D eigenvalue weighted by Gasteiger charge is 2.47. The molecule has 1 N–H and O–H groups in total. The zero-order valence-corrected chi connectivity index (χ0v) is 18.1. The van der Waals surface area contributed by atoms with E-state index in [0.717, 1.165) is 16.5 Å². The molecular weight excluding hydrogens is 419 g/mol. The van der Waals surface area contributed by atoms with Crippen LogP contribution in [0.5, 0.6) is 0 Å². The number of hydrogen-bond donors (Lipinski definition) is 1. The molecule has 1 amide bonds. The minimum atomic E-state index is -0.844. The summed E-state index contributed by atoms with van der Waals surface area (Å²) in [5, 5.41) is 12.1. The van der Waals surface area contributed by atoms with Gasteiger partial charge in [0.25, 0.3) is 11.7 Å². The number of ketones is 1. The van der Waals surface area contributed by atoms with Crippen LogP contribution in [0.15, 0.2) is 84.6 Å². The van der Waals surface area contributed by atoms with Gasteiger partial charge < -0.3 is 9.67 Å². The van der Waals surface area contributed by atoms with Gasteiger partial charge in [0.05, 0.1) is 11.6 Å². The normalized spacial score (nSPS) is 17.8. The zero-order chi connectivity index (χ0) is 23.3. The van der Waals surface area contributed by atoms with Crippen LogP contribution in [0.3, 0.4) is 0 Å². The van der Waals surface area contributed by atoms with Crippen molar-refractivity contribution in [2.45, 2.75) is 13.0 Å². The number of halogens is 1. The van der Waals surface area contributed by atoms with E-state index in [9.17, 15) is 19.1 Å². The number of nitrogens with zero attached hydrogens (tertiary/aromatic N) is 2. The summed E-state index contributed by atoms with van der Waals surface area (Å²) in [6.45, 7) is 1.58. The molecule has 1 unspecified atom stereocenters. The lowest BCUT2D eigenvalue weighted by atomic mass is 9.94. The van der Waals surface area contributed by atoms with Crippen molar-refractivity contribution in [2.75, 3.05) is 4.90 Å². The Morgan fingerprint density at radius 1 is 0.970 bits per heavy atom. The number of aryl methyl sites for hydroxylation is 2. The number of Topliss-reactive ketones (excluding diaryl/α,β-unsaturated/α-hetero) is 1. The minimum Gasteiger partial charge on any atom is -0.507 e. The number of carbonyl (C=O) groups is 2. The van der Waals surface area contributed by atoms with Crippen LogP contribution in [0.25, 0.3) is 16.7 Å². The van der Waals surface area contributed by atoms with Gasteiger partial charge in [-0.25, -0.2) is 4.39 Å². The fraction of sp³-hybridized carbons (Fsp3) is 0.111. The summed E-state index contributed by atoms with van der Waals surface area (Å²) >= 11 is 0. The number of hydrogen-bond acceptors (Lipinski definition) is 3. The summed E-state index contributed by atoms with van der Waals surface area (Å²) in [7, 11) is 1.89. The standard InChI is InChI=1S/C27H21FN2O3/c1-16-14-17(12-13-21(16)28)25(31)23-24(20-15-29(2)22-11-7-6-10-19(20)22)30(27(33)26(23)32)18-8-4-3-5-9-18/h3-15,24,31H,1-2H3/b25-23+. The third kappa shape index (κ3) is 3.22. The van der Waals surface area contributed by atoms with Gasteiger partial charge >= 0.3 is 0 Å². The van der Waals surface area contributed by atoms with Gasteiger partial charge in [0.2, 0.25) is 0 Å². The lowest BCUT2D eigenvalue weighted by Gasteiger charge is -2.25. The number of aliphatic hydroxyl groups excluding tert-OH is 1. The van der Waals surface area contributed by atoms with Crippen molar-refractivity contribution in [3.05, 3.63) is 107 Å². The second-order valence-electron chi connectivity index (χ2n) is 8.18. The van der Waals surface area contributed by atoms with E-state index in [0.29, 0.717) is 11.3 Å². The third-order valence-electron chi connectivity index (χ3n) is 6.13. The molecule has 1 fully saturated rings. The average molecular weight is 440 g/mol. The lowest BCUT2D eigenvalue weighted by molar-refractivity contribution is -0.132. The Morgan fingerprint density at radius 3 is 2.39 bits per heavy atom. The van der Waals surface area contributed by atoms with Crippen LogP contribution in [-0.2, 0) is 16.6 Å². The van der Waals surface area contributed by atoms with Gasteiger partial charge in [-0.2, -0.15) is 0 Å². The van der Waals surface area contributed by atoms with E-state index >= 15 is 0 Å². The van der Waals surface area contributed by atoms with Crippen LogP contribution < -0.4 is 4.90 Å². The molecule has 1 atom stereocenters. The maximum Gasteiger partial charge on any atom is 0.300 e. The summed E-state index contributed by atoms with van der Waals surface area (Å²) in [5.74, 6) is -2.24. The number of fused-ring (bicyclic) bond motifs is 1. The topological polar surface area (TPSA) is 62.5 Å². The molecular formula is C27H21FN2O3. The van der Waals surface area contributed by atoms with Crippen LogP contribution in [0.1, 0.15) is 22.7 Å². The molecule has 0 saturated carbocycles. The molecule has 33 heavy (non-hydrogen) atoms. The van der Waals surface area contributed by atoms with E-state index in [2.05, 4.69) is 0 Å². The Labute approximate surface area is 190 Å². The summed E-state index contributed by atoms with van der Waals surface area (Å²) in [5.41, 5.74) is 2.79. The Hall–Kier alpha value is -4.19. The largest absolute Gasteiger partial charge is 0.507 e. The smallest absolute Gasteiger partial charge is 0.300 e. The molecule has 3 aromatic carbocycles. The van der Waals surface area contributed by atoms with Crippen molar-refractivity contribution >= 4 is 34.0 Å². The molecule has 0 radical (unpaired) electrons. The molecule has 4 aromatic rings. The predicted octanol–water partition coefficient (Wildman–Crippen LogP) is 5.25. The number of benzene rings is 3. The van der Waals surface area contributed by atoms with E-state index in [1.807, 2.05) is 48.1 Å². The highest BCUT2D eigenvalue weighted by Crippen LogP contribution is 2.44. The van der Waals surface area contributed by atoms with Crippen molar-refractivity contribution in [1.29, 1.82) is 0 Å². The average Bonchev–Trinajstić information content (AvgIpc) is 3.29. The molecule has 1 aliphatic rings. The molecule has 6 heteroatoms. The number of para-hydroxylation sites is 2. The van der Waals surface area contributed by atoms with Crippen LogP contribution in [-0.4, -0.2) is 21.4 Å². The lowest BCUT2D eigenvalue weighted by Crippen LogP contribution is -2.29. The molecule has 1 saturated heterocycles. The van der Waals surface area contributed by atoms with E-state index in [-0.39, 0.29) is 16.9 Å². The van der Waals surface area contributed by atoms with Gasteiger partial charge in [-0.1, -0.05) is 36.4 Å². The van der Waals surface area contributed by atoms with E-state index in [1.165, 1.54) is 23.1 Å². The van der Waals surface area contributed by atoms with Gasteiger partial charge in [-0.15, -0.1) is 0 Å². The number of carbonyl (C=O) groups excluding carboxylic acids is 2. The van der Waals surface area contributed by atoms with Crippen LogP contribution in [0.4, 0.5) is 10.1 Å². The fourth-order valence-electron chi connectivity index (χ4n) is 4.52. The SMILES string of the molecule is Cc1cc(/C(O)=C2\C(=O)C(=O)N(c3ccccc3)C2c2cn(C)c3ccccc23)ccc1F. The maximum atomic E-state index is 13.9. The Kier molecular flexibility index (Phi) is 4.86. The third-order valence-corrected chi connectivity index (χ3v) is 6.13. The van der Waals surface area contributed by atoms with Gasteiger partial charge in [0, 0.05) is 41.0 Å². The van der Waals surface area contributed by atoms with Crippen LogP contribution >= 0.6 is 0 Å². The summed E-state index contributed by atoms with van der Waals surface area (Å²) in [6, 6.07) is 19.9. The highest BCUT2D eigenvalue weighted by atomic mass is 19.1. The molecule has 1 aliphatic heterocycles. The molecule has 164 valence electrons. The summed E-state index contributed by atoms with van der Waals surface area (Å²) in [6.07, 6.45) is 1.88. The van der Waals surface area contributed by atoms with Crippen molar-refractivity contribution in [1.82, 2.24) is 4.57 Å². The number of amides is 1. The van der Waals surface area contributed by atoms with Crippen LogP contribution in [0, 0.1) is 12.7 Å². The summed E-state index contributed by atoms with van der Waals surface area (Å²) in [4.78, 5) is 28.0. The molecule has 1 aromatic heterocycles. The van der Waals surface area contributed by atoms with Gasteiger partial charge in [0.1, 0.15) is 11.6 Å². The predicted molar refractivity (Wildman–Crippen MR) is 125 cm³/mol. The first-order valence-corrected chi connectivity index (χ1v) is 10.5. The summed E-state index contributed by atoms with van der Waals surface area (Å²) < 4.78 is 15.8. The van der Waals surface area contributed by atoms with E-state index in [1.54, 1.807) is 31.2 Å². The first-order chi connectivity index (χ1) is 15.9. The van der Waals surface area contributed by atoms with Crippen molar-refractivity contribution in [2.24, 2.45) is 7.05 Å². The number of anilines is 1. The van der Waals surface area contributed by atoms with Gasteiger partial charge in [0.15, 0.2) is 0 Å². The zero-order valence-electron chi connectivity index (χ0n) is 18.1. The molecule has 5 rings (SSSR count). The number of rotatable bonds is 3. The molecule has 2 heterocycles. The number of aromatic nitrogens is 1. The fourth-order valence-corrected chi connectivity index (χ4v) is 4.52. The molecule has 5 nitrogen and oxygen atoms in total.